The van der Waals surface area contributed by atoms with Gasteiger partial charge in [0.05, 0.1) is 0 Å². The quantitative estimate of drug-likeness (QED) is 0.521. The Labute approximate surface area is 68.5 Å². The third kappa shape index (κ3) is 1.37. The van der Waals surface area contributed by atoms with Gasteiger partial charge < -0.3 is 0 Å². The molecule has 1 aliphatic carbocycles. The van der Waals surface area contributed by atoms with E-state index in [0.29, 0.717) is 17.6 Å². The highest BCUT2D eigenvalue weighted by molar-refractivity contribution is 5.93. The zero-order valence-electron chi connectivity index (χ0n) is 7.72. The van der Waals surface area contributed by atoms with Crippen LogP contribution in [0.5, 0.6) is 0 Å². The number of carbonyl (C=O) groups excluding carboxylic acids is 1. The summed E-state index contributed by atoms with van der Waals surface area (Å²) in [7, 11) is 0. The van der Waals surface area contributed by atoms with Gasteiger partial charge in [-0.3, -0.25) is 4.79 Å². The van der Waals surface area contributed by atoms with Crippen LogP contribution in [0.3, 0.4) is 0 Å². The summed E-state index contributed by atoms with van der Waals surface area (Å²) in [5.74, 6) is 1.59. The number of ketones is 1. The smallest absolute Gasteiger partial charge is 0.158 e. The molecule has 0 heterocycles. The molecule has 0 spiro atoms. The molecule has 0 aromatic rings. The fraction of sp³-hybridized carbons (Fsp3) is 0.700. The molecule has 1 nitrogen and oxygen atoms in total. The van der Waals surface area contributed by atoms with Crippen molar-refractivity contribution in [2.24, 2.45) is 17.8 Å². The highest BCUT2D eigenvalue weighted by Gasteiger charge is 2.28. The van der Waals surface area contributed by atoms with E-state index in [1.165, 1.54) is 5.57 Å². The normalized spacial score (nSPS) is 38.7. The second-order valence-electron chi connectivity index (χ2n) is 3.73. The molecule has 0 bridgehead atoms. The molecule has 0 aromatic heterocycles. The Morgan fingerprint density at radius 1 is 1.18 bits per heavy atom. The standard InChI is InChI=1S/C10H16O/c1-6-5-10(11)9(4)8(3)7(6)2/h5,7-9H,1-4H3. The lowest BCUT2D eigenvalue weighted by atomic mass is 9.74. The zero-order chi connectivity index (χ0) is 8.59. The SMILES string of the molecule is CC1=CC(=O)C(C)C(C)C1C. The topological polar surface area (TPSA) is 17.1 Å². The monoisotopic (exact) mass is 152 g/mol. The van der Waals surface area contributed by atoms with Crippen LogP contribution in [0.1, 0.15) is 27.7 Å². The van der Waals surface area contributed by atoms with E-state index in [1.807, 2.05) is 13.8 Å². The second kappa shape index (κ2) is 2.80. The summed E-state index contributed by atoms with van der Waals surface area (Å²) in [6, 6.07) is 0. The van der Waals surface area contributed by atoms with Crippen molar-refractivity contribution >= 4 is 5.78 Å². The van der Waals surface area contributed by atoms with Gasteiger partial charge in [0.15, 0.2) is 5.78 Å². The Bertz CT molecular complexity index is 203. The maximum Gasteiger partial charge on any atom is 0.158 e. The summed E-state index contributed by atoms with van der Waals surface area (Å²) in [6.07, 6.45) is 1.80. The molecule has 0 aromatic carbocycles. The van der Waals surface area contributed by atoms with Gasteiger partial charge in [-0.05, 0) is 24.8 Å². The second-order valence-corrected chi connectivity index (χ2v) is 3.73. The summed E-state index contributed by atoms with van der Waals surface area (Å²) in [6.45, 7) is 8.42. The lowest BCUT2D eigenvalue weighted by Gasteiger charge is -2.29. The summed E-state index contributed by atoms with van der Waals surface area (Å²) in [4.78, 5) is 11.3. The maximum absolute atomic E-state index is 11.3. The predicted molar refractivity (Wildman–Crippen MR) is 46.3 cm³/mol. The lowest BCUT2D eigenvalue weighted by molar-refractivity contribution is -0.120. The summed E-state index contributed by atoms with van der Waals surface area (Å²) in [5.41, 5.74) is 1.24. The maximum atomic E-state index is 11.3. The van der Waals surface area contributed by atoms with E-state index in [1.54, 1.807) is 6.08 Å². The highest BCUT2D eigenvalue weighted by atomic mass is 16.1. The highest BCUT2D eigenvalue weighted by Crippen LogP contribution is 2.31. The van der Waals surface area contributed by atoms with Crippen LogP contribution in [0.15, 0.2) is 11.6 Å². The summed E-state index contributed by atoms with van der Waals surface area (Å²) >= 11 is 0. The molecule has 3 atom stereocenters. The first-order valence-electron chi connectivity index (χ1n) is 4.26. The van der Waals surface area contributed by atoms with E-state index < -0.39 is 0 Å². The number of carbonyl (C=O) groups is 1. The molecule has 0 saturated heterocycles. The van der Waals surface area contributed by atoms with E-state index in [4.69, 9.17) is 0 Å². The van der Waals surface area contributed by atoms with Crippen LogP contribution in [0.4, 0.5) is 0 Å². The van der Waals surface area contributed by atoms with Crippen molar-refractivity contribution in [1.82, 2.24) is 0 Å². The first-order valence-corrected chi connectivity index (χ1v) is 4.26. The minimum Gasteiger partial charge on any atom is -0.295 e. The molecular formula is C10H16O. The zero-order valence-corrected chi connectivity index (χ0v) is 7.72. The number of hydrogen-bond acceptors (Lipinski definition) is 1. The van der Waals surface area contributed by atoms with Crippen molar-refractivity contribution in [2.75, 3.05) is 0 Å². The third-order valence-electron chi connectivity index (χ3n) is 3.11. The summed E-state index contributed by atoms with van der Waals surface area (Å²) in [5, 5.41) is 0. The molecule has 11 heavy (non-hydrogen) atoms. The molecule has 0 amide bonds. The van der Waals surface area contributed by atoms with Gasteiger partial charge in [-0.1, -0.05) is 26.3 Å². The van der Waals surface area contributed by atoms with Crippen molar-refractivity contribution in [2.45, 2.75) is 27.7 Å². The third-order valence-corrected chi connectivity index (χ3v) is 3.11. The molecule has 1 heteroatoms. The van der Waals surface area contributed by atoms with Gasteiger partial charge in [0.1, 0.15) is 0 Å². The minimum atomic E-state index is 0.216. The van der Waals surface area contributed by atoms with Crippen molar-refractivity contribution in [3.8, 4) is 0 Å². The molecule has 1 aliphatic rings. The van der Waals surface area contributed by atoms with Gasteiger partial charge >= 0.3 is 0 Å². The fourth-order valence-electron chi connectivity index (χ4n) is 1.59. The average molecular weight is 152 g/mol. The first-order chi connectivity index (χ1) is 5.04. The fourth-order valence-corrected chi connectivity index (χ4v) is 1.59. The largest absolute Gasteiger partial charge is 0.295 e. The van der Waals surface area contributed by atoms with Gasteiger partial charge in [0.25, 0.3) is 0 Å². The number of allylic oxidation sites excluding steroid dienone is 2. The van der Waals surface area contributed by atoms with E-state index in [-0.39, 0.29) is 5.92 Å². The Hall–Kier alpha value is -0.590. The Morgan fingerprint density at radius 3 is 2.27 bits per heavy atom. The van der Waals surface area contributed by atoms with Gasteiger partial charge in [-0.15, -0.1) is 0 Å². The number of hydrogen-bond donors (Lipinski definition) is 0. The van der Waals surface area contributed by atoms with Gasteiger partial charge in [-0.2, -0.15) is 0 Å². The number of rotatable bonds is 0. The summed E-state index contributed by atoms with van der Waals surface area (Å²) < 4.78 is 0. The van der Waals surface area contributed by atoms with Crippen LogP contribution in [0, 0.1) is 17.8 Å². The molecule has 0 saturated carbocycles. The molecule has 62 valence electrons. The van der Waals surface area contributed by atoms with Gasteiger partial charge in [-0.25, -0.2) is 0 Å². The van der Waals surface area contributed by atoms with Crippen LogP contribution < -0.4 is 0 Å². The van der Waals surface area contributed by atoms with E-state index in [0.717, 1.165) is 0 Å². The minimum absolute atomic E-state index is 0.216. The van der Waals surface area contributed by atoms with Crippen molar-refractivity contribution < 1.29 is 4.79 Å². The molecule has 0 aliphatic heterocycles. The molecule has 0 radical (unpaired) electrons. The van der Waals surface area contributed by atoms with E-state index >= 15 is 0 Å². The van der Waals surface area contributed by atoms with Gasteiger partial charge in [0.2, 0.25) is 0 Å². The molecule has 1 rings (SSSR count). The van der Waals surface area contributed by atoms with Gasteiger partial charge in [0, 0.05) is 5.92 Å². The van der Waals surface area contributed by atoms with Crippen LogP contribution in [-0.2, 0) is 4.79 Å². The van der Waals surface area contributed by atoms with Crippen molar-refractivity contribution in [3.05, 3.63) is 11.6 Å². The Kier molecular flexibility index (Phi) is 2.17. The predicted octanol–water partition coefficient (Wildman–Crippen LogP) is 2.42. The molecular weight excluding hydrogens is 136 g/mol. The van der Waals surface area contributed by atoms with E-state index in [2.05, 4.69) is 13.8 Å². The van der Waals surface area contributed by atoms with Crippen LogP contribution >= 0.6 is 0 Å². The van der Waals surface area contributed by atoms with E-state index in [9.17, 15) is 4.79 Å². The van der Waals surface area contributed by atoms with Crippen LogP contribution in [0.2, 0.25) is 0 Å². The molecule has 0 N–H and O–H groups in total. The lowest BCUT2D eigenvalue weighted by Crippen LogP contribution is -2.28. The van der Waals surface area contributed by atoms with Crippen LogP contribution in [-0.4, -0.2) is 5.78 Å². The van der Waals surface area contributed by atoms with Crippen molar-refractivity contribution in [1.29, 1.82) is 0 Å². The average Bonchev–Trinajstić information content (AvgIpc) is 1.97. The van der Waals surface area contributed by atoms with Crippen molar-refractivity contribution in [3.63, 3.8) is 0 Å². The Balaban J connectivity index is 2.92. The molecule has 3 unspecified atom stereocenters. The molecule has 0 fully saturated rings. The van der Waals surface area contributed by atoms with Crippen LogP contribution in [0.25, 0.3) is 0 Å². The first kappa shape index (κ1) is 8.51. The Morgan fingerprint density at radius 2 is 1.73 bits per heavy atom.